The van der Waals surface area contributed by atoms with E-state index < -0.39 is 34.0 Å². The number of hydrogen-bond donors (Lipinski definition) is 0. The molecule has 2 aromatic rings. The minimum Gasteiger partial charge on any atom is -0.474 e. The van der Waals surface area contributed by atoms with Crippen LogP contribution in [0.4, 0.5) is 9.18 Å². The molecule has 2 aliphatic heterocycles. The Bertz CT molecular complexity index is 1300. The zero-order chi connectivity index (χ0) is 29.1. The van der Waals surface area contributed by atoms with Crippen LogP contribution in [0.5, 0.6) is 0 Å². The van der Waals surface area contributed by atoms with Crippen molar-refractivity contribution in [3.05, 3.63) is 78.4 Å². The van der Waals surface area contributed by atoms with Crippen LogP contribution in [0, 0.1) is 5.82 Å². The molecule has 0 spiro atoms. The number of halogens is 1. The SMILES string of the molecule is C=C(OC(C)(C)C)N1CCN(C(=O)OC[C@H]2CCC[C@@H](c3cccc(F)c3)N2S(=O)(=O)c2ccccc2)C(C)C1. The molecule has 0 N–H and O–H groups in total. The van der Waals surface area contributed by atoms with Crippen LogP contribution in [-0.4, -0.2) is 72.5 Å². The molecule has 0 aliphatic carbocycles. The van der Waals surface area contributed by atoms with Crippen molar-refractivity contribution >= 4 is 16.1 Å². The normalized spacial score (nSPS) is 22.6. The Morgan fingerprint density at radius 1 is 1.07 bits per heavy atom. The molecule has 3 atom stereocenters. The summed E-state index contributed by atoms with van der Waals surface area (Å²) in [5, 5.41) is 0. The fraction of sp³-hybridized carbons (Fsp3) is 0.500. The zero-order valence-electron chi connectivity index (χ0n) is 23.8. The summed E-state index contributed by atoms with van der Waals surface area (Å²) in [6, 6.07) is 12.9. The van der Waals surface area contributed by atoms with Gasteiger partial charge in [0, 0.05) is 25.7 Å². The van der Waals surface area contributed by atoms with Crippen molar-refractivity contribution < 1.29 is 27.1 Å². The smallest absolute Gasteiger partial charge is 0.410 e. The van der Waals surface area contributed by atoms with Crippen LogP contribution in [0.2, 0.25) is 0 Å². The van der Waals surface area contributed by atoms with Crippen LogP contribution in [0.25, 0.3) is 0 Å². The van der Waals surface area contributed by atoms with E-state index in [9.17, 15) is 17.6 Å². The molecule has 0 bridgehead atoms. The summed E-state index contributed by atoms with van der Waals surface area (Å²) in [6.45, 7) is 13.3. The number of piperazine rings is 1. The first-order valence-electron chi connectivity index (χ1n) is 13.8. The van der Waals surface area contributed by atoms with Crippen LogP contribution in [-0.2, 0) is 19.5 Å². The maximum Gasteiger partial charge on any atom is 0.410 e. The Morgan fingerprint density at radius 2 is 1.80 bits per heavy atom. The first-order chi connectivity index (χ1) is 18.9. The van der Waals surface area contributed by atoms with Gasteiger partial charge in [0.05, 0.1) is 17.0 Å². The third kappa shape index (κ3) is 6.96. The van der Waals surface area contributed by atoms with E-state index in [-0.39, 0.29) is 23.1 Å². The highest BCUT2D eigenvalue weighted by Gasteiger charge is 2.42. The van der Waals surface area contributed by atoms with E-state index in [1.807, 2.05) is 32.6 Å². The van der Waals surface area contributed by atoms with Gasteiger partial charge in [-0.15, -0.1) is 0 Å². The molecular weight excluding hydrogens is 533 g/mol. The summed E-state index contributed by atoms with van der Waals surface area (Å²) in [5.74, 6) is 0.145. The fourth-order valence-electron chi connectivity index (χ4n) is 5.44. The molecule has 2 aromatic carbocycles. The first-order valence-corrected chi connectivity index (χ1v) is 15.2. The number of piperidine rings is 1. The van der Waals surface area contributed by atoms with E-state index in [0.29, 0.717) is 43.9 Å². The minimum atomic E-state index is -3.96. The lowest BCUT2D eigenvalue weighted by molar-refractivity contribution is -0.0208. The summed E-state index contributed by atoms with van der Waals surface area (Å²) in [6.07, 6.45) is 1.30. The molecule has 1 unspecified atom stereocenters. The topological polar surface area (TPSA) is 79.4 Å². The van der Waals surface area contributed by atoms with Gasteiger partial charge >= 0.3 is 6.09 Å². The molecule has 2 aliphatic rings. The summed E-state index contributed by atoms with van der Waals surface area (Å²) in [4.78, 5) is 17.0. The number of amides is 1. The summed E-state index contributed by atoms with van der Waals surface area (Å²) in [7, 11) is -3.96. The summed E-state index contributed by atoms with van der Waals surface area (Å²) < 4.78 is 55.1. The summed E-state index contributed by atoms with van der Waals surface area (Å²) >= 11 is 0. The second-order valence-electron chi connectivity index (χ2n) is 11.5. The van der Waals surface area contributed by atoms with E-state index in [2.05, 4.69) is 6.58 Å². The Kier molecular flexibility index (Phi) is 9.09. The highest BCUT2D eigenvalue weighted by atomic mass is 32.2. The number of sulfonamides is 1. The monoisotopic (exact) mass is 573 g/mol. The van der Waals surface area contributed by atoms with E-state index in [0.717, 1.165) is 6.42 Å². The van der Waals surface area contributed by atoms with Crippen LogP contribution in [0.3, 0.4) is 0 Å². The van der Waals surface area contributed by atoms with Gasteiger partial charge in [0.25, 0.3) is 0 Å². The highest BCUT2D eigenvalue weighted by Crippen LogP contribution is 2.39. The lowest BCUT2D eigenvalue weighted by Gasteiger charge is -2.43. The van der Waals surface area contributed by atoms with Crippen LogP contribution >= 0.6 is 0 Å². The van der Waals surface area contributed by atoms with E-state index >= 15 is 0 Å². The molecule has 0 radical (unpaired) electrons. The zero-order valence-corrected chi connectivity index (χ0v) is 24.6. The average Bonchev–Trinajstić information content (AvgIpc) is 2.91. The van der Waals surface area contributed by atoms with Crippen molar-refractivity contribution in [1.82, 2.24) is 14.1 Å². The van der Waals surface area contributed by atoms with Gasteiger partial charge in [0.1, 0.15) is 18.0 Å². The van der Waals surface area contributed by atoms with Crippen molar-refractivity contribution in [1.29, 1.82) is 0 Å². The predicted octanol–water partition coefficient (Wildman–Crippen LogP) is 5.54. The maximum atomic E-state index is 14.2. The molecular formula is C30H40FN3O5S. The number of nitrogens with zero attached hydrogens (tertiary/aromatic N) is 3. The van der Waals surface area contributed by atoms with E-state index in [1.54, 1.807) is 47.4 Å². The standard InChI is InChI=1S/C30H40FN3O5S/c1-22-20-32(23(2)39-30(3,4)5)17-18-33(22)29(35)38-21-26-13-10-16-28(24-11-9-12-25(31)19-24)34(26)40(36,37)27-14-7-6-8-15-27/h6-9,11-12,14-15,19,22,26,28H,2,10,13,16-18,20-21H2,1,3-5H3/t22?,26-,28+/m1/s1. The number of carbonyl (C=O) groups is 1. The van der Waals surface area contributed by atoms with E-state index in [4.69, 9.17) is 9.47 Å². The molecule has 2 saturated heterocycles. The fourth-order valence-corrected chi connectivity index (χ4v) is 7.31. The highest BCUT2D eigenvalue weighted by molar-refractivity contribution is 7.89. The number of carbonyl (C=O) groups excluding carboxylic acids is 1. The Labute approximate surface area is 237 Å². The van der Waals surface area contributed by atoms with Crippen molar-refractivity contribution in [2.45, 2.75) is 75.6 Å². The number of rotatable bonds is 7. The second-order valence-corrected chi connectivity index (χ2v) is 13.3. The largest absolute Gasteiger partial charge is 0.474 e. The van der Waals surface area contributed by atoms with E-state index in [1.165, 1.54) is 16.4 Å². The predicted molar refractivity (Wildman–Crippen MR) is 151 cm³/mol. The van der Waals surface area contributed by atoms with Gasteiger partial charge in [-0.25, -0.2) is 17.6 Å². The average molecular weight is 574 g/mol. The van der Waals surface area contributed by atoms with Crippen molar-refractivity contribution in [3.8, 4) is 0 Å². The van der Waals surface area contributed by atoms with Gasteiger partial charge in [-0.1, -0.05) is 30.3 Å². The molecule has 0 aromatic heterocycles. The van der Waals surface area contributed by atoms with Gasteiger partial charge < -0.3 is 19.3 Å². The second kappa shape index (κ2) is 12.2. The minimum absolute atomic E-state index is 0.0938. The molecule has 2 heterocycles. The van der Waals surface area contributed by atoms with Gasteiger partial charge in [-0.3, -0.25) is 0 Å². The van der Waals surface area contributed by atoms with Gasteiger partial charge in [-0.05, 0) is 83.4 Å². The molecule has 0 saturated carbocycles. The number of benzene rings is 2. The maximum absolute atomic E-state index is 14.2. The number of ether oxygens (including phenoxy) is 2. The third-order valence-electron chi connectivity index (χ3n) is 7.27. The third-order valence-corrected chi connectivity index (χ3v) is 9.25. The van der Waals surface area contributed by atoms with Crippen LogP contribution < -0.4 is 0 Å². The van der Waals surface area contributed by atoms with Gasteiger partial charge in [0.2, 0.25) is 10.0 Å². The van der Waals surface area contributed by atoms with Crippen LogP contribution in [0.15, 0.2) is 72.0 Å². The van der Waals surface area contributed by atoms with Gasteiger partial charge in [-0.2, -0.15) is 4.31 Å². The Morgan fingerprint density at radius 3 is 2.45 bits per heavy atom. The summed E-state index contributed by atoms with van der Waals surface area (Å²) in [5.41, 5.74) is 0.212. The quantitative estimate of drug-likeness (QED) is 0.405. The molecule has 2 fully saturated rings. The van der Waals surface area contributed by atoms with Crippen molar-refractivity contribution in [3.63, 3.8) is 0 Å². The van der Waals surface area contributed by atoms with Crippen molar-refractivity contribution in [2.75, 3.05) is 26.2 Å². The lowest BCUT2D eigenvalue weighted by Crippen LogP contribution is -2.55. The molecule has 218 valence electrons. The lowest BCUT2D eigenvalue weighted by atomic mass is 9.93. The molecule has 40 heavy (non-hydrogen) atoms. The molecule has 8 nitrogen and oxygen atoms in total. The Balaban J connectivity index is 1.49. The van der Waals surface area contributed by atoms with Crippen molar-refractivity contribution in [2.24, 2.45) is 0 Å². The number of hydrogen-bond acceptors (Lipinski definition) is 6. The Hall–Kier alpha value is -3.11. The first kappa shape index (κ1) is 29.9. The molecule has 1 amide bonds. The molecule has 4 rings (SSSR count). The molecule has 10 heteroatoms. The van der Waals surface area contributed by atoms with Crippen LogP contribution in [0.1, 0.15) is 58.6 Å². The van der Waals surface area contributed by atoms with Gasteiger partial charge in [0.15, 0.2) is 5.88 Å².